The Bertz CT molecular complexity index is 584. The van der Waals surface area contributed by atoms with Crippen molar-refractivity contribution in [3.05, 3.63) is 59.1 Å². The van der Waals surface area contributed by atoms with Gasteiger partial charge in [0.05, 0.1) is 7.11 Å². The largest absolute Gasteiger partial charge is 0.497 e. The molecule has 0 aliphatic heterocycles. The number of methoxy groups -OCH3 is 1. The van der Waals surface area contributed by atoms with Crippen molar-refractivity contribution >= 4 is 34.6 Å². The molecular weight excluding hydrogens is 304 g/mol. The zero-order valence-corrected chi connectivity index (χ0v) is 13.3. The van der Waals surface area contributed by atoms with Crippen molar-refractivity contribution in [3.8, 4) is 5.75 Å². The van der Waals surface area contributed by atoms with E-state index in [-0.39, 0.29) is 0 Å². The average molecular weight is 321 g/mol. The van der Waals surface area contributed by atoms with E-state index in [0.717, 1.165) is 24.4 Å². The van der Waals surface area contributed by atoms with Gasteiger partial charge in [-0.1, -0.05) is 23.7 Å². The maximum atomic E-state index is 5.84. The highest BCUT2D eigenvalue weighted by molar-refractivity contribution is 7.80. The van der Waals surface area contributed by atoms with Gasteiger partial charge < -0.3 is 15.4 Å². The number of halogens is 1. The fourth-order valence-corrected chi connectivity index (χ4v) is 2.17. The highest BCUT2D eigenvalue weighted by Crippen LogP contribution is 2.13. The molecule has 0 saturated heterocycles. The van der Waals surface area contributed by atoms with Crippen LogP contribution in [-0.4, -0.2) is 18.8 Å². The summed E-state index contributed by atoms with van der Waals surface area (Å²) < 4.78 is 5.13. The minimum absolute atomic E-state index is 0.603. The van der Waals surface area contributed by atoms with Crippen LogP contribution < -0.4 is 15.4 Å². The second-order valence-electron chi connectivity index (χ2n) is 4.49. The van der Waals surface area contributed by atoms with Crippen LogP contribution >= 0.6 is 23.8 Å². The van der Waals surface area contributed by atoms with Crippen LogP contribution in [-0.2, 0) is 6.42 Å². The number of anilines is 1. The lowest BCUT2D eigenvalue weighted by molar-refractivity contribution is 0.414. The van der Waals surface area contributed by atoms with Gasteiger partial charge in [-0.25, -0.2) is 0 Å². The second kappa shape index (κ2) is 7.86. The van der Waals surface area contributed by atoms with Crippen molar-refractivity contribution in [2.75, 3.05) is 19.0 Å². The van der Waals surface area contributed by atoms with Crippen LogP contribution in [0, 0.1) is 0 Å². The van der Waals surface area contributed by atoms with E-state index >= 15 is 0 Å². The van der Waals surface area contributed by atoms with Gasteiger partial charge in [0.1, 0.15) is 5.75 Å². The molecule has 0 heterocycles. The maximum Gasteiger partial charge on any atom is 0.170 e. The molecule has 0 aromatic heterocycles. The van der Waals surface area contributed by atoms with Gasteiger partial charge in [-0.2, -0.15) is 0 Å². The zero-order chi connectivity index (χ0) is 15.1. The molecule has 0 aliphatic carbocycles. The Morgan fingerprint density at radius 1 is 1.10 bits per heavy atom. The molecule has 0 atom stereocenters. The molecule has 0 radical (unpaired) electrons. The Morgan fingerprint density at radius 2 is 1.76 bits per heavy atom. The highest BCUT2D eigenvalue weighted by Gasteiger charge is 1.99. The molecular formula is C16H17ClN2OS. The Kier molecular flexibility index (Phi) is 5.84. The third kappa shape index (κ3) is 5.25. The van der Waals surface area contributed by atoms with Gasteiger partial charge in [-0.15, -0.1) is 0 Å². The zero-order valence-electron chi connectivity index (χ0n) is 11.7. The van der Waals surface area contributed by atoms with Crippen molar-refractivity contribution < 1.29 is 4.74 Å². The molecule has 2 rings (SSSR count). The molecule has 110 valence electrons. The van der Waals surface area contributed by atoms with Gasteiger partial charge in [-0.3, -0.25) is 0 Å². The van der Waals surface area contributed by atoms with Crippen molar-refractivity contribution in [2.24, 2.45) is 0 Å². The van der Waals surface area contributed by atoms with Crippen LogP contribution in [0.25, 0.3) is 0 Å². The first kappa shape index (κ1) is 15.6. The second-order valence-corrected chi connectivity index (χ2v) is 5.33. The van der Waals surface area contributed by atoms with Crippen LogP contribution in [0.4, 0.5) is 5.69 Å². The third-order valence-corrected chi connectivity index (χ3v) is 3.46. The number of nitrogens with one attached hydrogen (secondary N) is 2. The summed E-state index contributed by atoms with van der Waals surface area (Å²) in [6, 6.07) is 15.4. The average Bonchev–Trinajstić information content (AvgIpc) is 2.50. The molecule has 21 heavy (non-hydrogen) atoms. The fourth-order valence-electron chi connectivity index (χ4n) is 1.82. The minimum Gasteiger partial charge on any atom is -0.497 e. The van der Waals surface area contributed by atoms with Gasteiger partial charge in [0.2, 0.25) is 0 Å². The van der Waals surface area contributed by atoms with Gasteiger partial charge in [0, 0.05) is 17.3 Å². The summed E-state index contributed by atoms with van der Waals surface area (Å²) in [4.78, 5) is 0. The molecule has 3 nitrogen and oxygen atoms in total. The Hall–Kier alpha value is -1.78. The first-order chi connectivity index (χ1) is 10.2. The summed E-state index contributed by atoms with van der Waals surface area (Å²) in [5.74, 6) is 0.867. The molecule has 0 fully saturated rings. The maximum absolute atomic E-state index is 5.84. The van der Waals surface area contributed by atoms with Gasteiger partial charge in [0.15, 0.2) is 5.11 Å². The van der Waals surface area contributed by atoms with E-state index in [9.17, 15) is 0 Å². The summed E-state index contributed by atoms with van der Waals surface area (Å²) in [6.07, 6.45) is 0.895. The van der Waals surface area contributed by atoms with Crippen LogP contribution in [0.3, 0.4) is 0 Å². The van der Waals surface area contributed by atoms with Crippen LogP contribution in [0.2, 0.25) is 5.02 Å². The van der Waals surface area contributed by atoms with Gasteiger partial charge >= 0.3 is 0 Å². The Balaban J connectivity index is 1.74. The quantitative estimate of drug-likeness (QED) is 0.819. The number of hydrogen-bond donors (Lipinski definition) is 2. The van der Waals surface area contributed by atoms with Crippen LogP contribution in [0.1, 0.15) is 5.56 Å². The molecule has 0 spiro atoms. The summed E-state index contributed by atoms with van der Waals surface area (Å²) in [6.45, 7) is 0.770. The van der Waals surface area contributed by atoms with Crippen LogP contribution in [0.15, 0.2) is 48.5 Å². The molecule has 0 unspecified atom stereocenters. The first-order valence-corrected chi connectivity index (χ1v) is 7.39. The topological polar surface area (TPSA) is 33.3 Å². The fraction of sp³-hybridized carbons (Fsp3) is 0.188. The molecule has 0 aliphatic rings. The lowest BCUT2D eigenvalue weighted by atomic mass is 10.1. The smallest absolute Gasteiger partial charge is 0.170 e. The predicted octanol–water partition coefficient (Wildman–Crippen LogP) is 3.88. The van der Waals surface area contributed by atoms with Gasteiger partial charge in [-0.05, 0) is 60.6 Å². The standard InChI is InChI=1S/C16H17ClN2OS/c1-20-15-8-2-12(3-9-15)10-11-18-16(21)19-14-6-4-13(17)5-7-14/h2-9H,10-11H2,1H3,(H2,18,19,21). The van der Waals surface area contributed by atoms with Crippen LogP contribution in [0.5, 0.6) is 5.75 Å². The molecule has 0 amide bonds. The van der Waals surface area contributed by atoms with E-state index in [4.69, 9.17) is 28.6 Å². The van der Waals surface area contributed by atoms with E-state index < -0.39 is 0 Å². The molecule has 0 saturated carbocycles. The van der Waals surface area contributed by atoms with Crippen molar-refractivity contribution in [1.82, 2.24) is 5.32 Å². The lowest BCUT2D eigenvalue weighted by Gasteiger charge is -2.10. The van der Waals surface area contributed by atoms with Crippen molar-refractivity contribution in [3.63, 3.8) is 0 Å². The first-order valence-electron chi connectivity index (χ1n) is 6.61. The van der Waals surface area contributed by atoms with E-state index in [1.807, 2.05) is 36.4 Å². The Labute approximate surface area is 135 Å². The van der Waals surface area contributed by atoms with Gasteiger partial charge in [0.25, 0.3) is 0 Å². The number of rotatable bonds is 5. The van der Waals surface area contributed by atoms with E-state index in [2.05, 4.69) is 22.8 Å². The molecule has 0 bridgehead atoms. The van der Waals surface area contributed by atoms with E-state index in [0.29, 0.717) is 10.1 Å². The molecule has 2 aromatic carbocycles. The molecule has 5 heteroatoms. The third-order valence-electron chi connectivity index (χ3n) is 2.96. The monoisotopic (exact) mass is 320 g/mol. The highest BCUT2D eigenvalue weighted by atomic mass is 35.5. The predicted molar refractivity (Wildman–Crippen MR) is 92.4 cm³/mol. The summed E-state index contributed by atoms with van der Waals surface area (Å²) in [5, 5.41) is 7.60. The number of ether oxygens (including phenoxy) is 1. The lowest BCUT2D eigenvalue weighted by Crippen LogP contribution is -2.30. The Morgan fingerprint density at radius 3 is 2.38 bits per heavy atom. The normalized spacial score (nSPS) is 10.0. The van der Waals surface area contributed by atoms with E-state index in [1.165, 1.54) is 5.56 Å². The number of hydrogen-bond acceptors (Lipinski definition) is 2. The van der Waals surface area contributed by atoms with Crippen molar-refractivity contribution in [2.45, 2.75) is 6.42 Å². The molecule has 2 N–H and O–H groups in total. The SMILES string of the molecule is COc1ccc(CCNC(=S)Nc2ccc(Cl)cc2)cc1. The van der Waals surface area contributed by atoms with E-state index in [1.54, 1.807) is 7.11 Å². The minimum atomic E-state index is 0.603. The number of thiocarbonyl (C=S) groups is 1. The summed E-state index contributed by atoms with van der Waals surface area (Å²) >= 11 is 11.1. The van der Waals surface area contributed by atoms with Crippen molar-refractivity contribution in [1.29, 1.82) is 0 Å². The summed E-state index contributed by atoms with van der Waals surface area (Å²) in [5.41, 5.74) is 2.15. The summed E-state index contributed by atoms with van der Waals surface area (Å²) in [7, 11) is 1.66. The number of benzene rings is 2. The molecule has 2 aromatic rings.